The second-order valence-electron chi connectivity index (χ2n) is 4.88. The fraction of sp³-hybridized carbons (Fsp3) is 0.833. The number of carbonyl (C=O) groups excluding carboxylic acids is 1. The Morgan fingerprint density at radius 1 is 1.35 bits per heavy atom. The number of hydrogen-bond donors (Lipinski definition) is 3. The van der Waals surface area contributed by atoms with Gasteiger partial charge in [0.25, 0.3) is 6.43 Å². The maximum absolute atomic E-state index is 12.3. The summed E-state index contributed by atoms with van der Waals surface area (Å²) in [7, 11) is 0. The number of carboxylic acids is 1. The van der Waals surface area contributed by atoms with Gasteiger partial charge in [0, 0.05) is 13.1 Å². The summed E-state index contributed by atoms with van der Waals surface area (Å²) < 4.78 is 24.6. The van der Waals surface area contributed by atoms with Crippen LogP contribution in [0, 0.1) is 11.8 Å². The fourth-order valence-corrected chi connectivity index (χ4v) is 2.50. The molecule has 1 saturated carbocycles. The van der Waals surface area contributed by atoms with Crippen LogP contribution < -0.4 is 5.32 Å². The summed E-state index contributed by atoms with van der Waals surface area (Å²) in [6, 6.07) is -0.699. The van der Waals surface area contributed by atoms with Crippen LogP contribution >= 0.6 is 0 Å². The van der Waals surface area contributed by atoms with Gasteiger partial charge in [-0.3, -0.25) is 4.79 Å². The van der Waals surface area contributed by atoms with Crippen molar-refractivity contribution in [2.75, 3.05) is 26.2 Å². The number of halogens is 2. The molecule has 0 spiro atoms. The van der Waals surface area contributed by atoms with Gasteiger partial charge in [-0.25, -0.2) is 13.6 Å². The quantitative estimate of drug-likeness (QED) is 0.646. The van der Waals surface area contributed by atoms with Gasteiger partial charge in [-0.15, -0.1) is 0 Å². The van der Waals surface area contributed by atoms with E-state index in [0.29, 0.717) is 12.8 Å². The zero-order chi connectivity index (χ0) is 15.1. The lowest BCUT2D eigenvalue weighted by atomic mass is 9.96. The lowest BCUT2D eigenvalue weighted by Crippen LogP contribution is -2.45. The molecule has 8 heteroatoms. The van der Waals surface area contributed by atoms with Gasteiger partial charge in [0.05, 0.1) is 19.1 Å². The molecule has 0 aromatic rings. The van der Waals surface area contributed by atoms with Gasteiger partial charge in [0.1, 0.15) is 0 Å². The predicted octanol–water partition coefficient (Wildman–Crippen LogP) is 0.756. The van der Waals surface area contributed by atoms with Crippen molar-refractivity contribution in [3.63, 3.8) is 0 Å². The van der Waals surface area contributed by atoms with Crippen LogP contribution in [0.25, 0.3) is 0 Å². The Morgan fingerprint density at radius 3 is 2.60 bits per heavy atom. The average Bonchev–Trinajstić information content (AvgIpc) is 2.83. The Hall–Kier alpha value is -1.44. The van der Waals surface area contributed by atoms with Gasteiger partial charge in [-0.05, 0) is 18.8 Å². The first-order valence-electron chi connectivity index (χ1n) is 6.60. The first kappa shape index (κ1) is 16.6. The largest absolute Gasteiger partial charge is 0.481 e. The summed E-state index contributed by atoms with van der Waals surface area (Å²) in [5.41, 5.74) is 0. The fourth-order valence-electron chi connectivity index (χ4n) is 2.50. The molecule has 2 amide bonds. The predicted molar refractivity (Wildman–Crippen MR) is 66.5 cm³/mol. The number of aliphatic hydroxyl groups is 1. The molecule has 0 aromatic heterocycles. The standard InChI is InChI=1S/C12H20F2N2O4/c13-10(14)7-16(4-5-17)12(20)15-6-8-2-1-3-9(8)11(18)19/h8-10,17H,1-7H2,(H,15,20)(H,18,19). The van der Waals surface area contributed by atoms with E-state index in [1.807, 2.05) is 0 Å². The van der Waals surface area contributed by atoms with Crippen LogP contribution in [-0.2, 0) is 4.79 Å². The number of amides is 2. The highest BCUT2D eigenvalue weighted by molar-refractivity contribution is 5.74. The molecule has 1 aliphatic rings. The molecule has 116 valence electrons. The van der Waals surface area contributed by atoms with Crippen LogP contribution in [0.15, 0.2) is 0 Å². The van der Waals surface area contributed by atoms with Crippen molar-refractivity contribution in [3.8, 4) is 0 Å². The molecule has 2 atom stereocenters. The van der Waals surface area contributed by atoms with E-state index >= 15 is 0 Å². The van der Waals surface area contributed by atoms with Crippen molar-refractivity contribution in [1.82, 2.24) is 10.2 Å². The number of alkyl halides is 2. The zero-order valence-electron chi connectivity index (χ0n) is 11.1. The third-order valence-electron chi connectivity index (χ3n) is 3.51. The highest BCUT2D eigenvalue weighted by Crippen LogP contribution is 2.31. The van der Waals surface area contributed by atoms with Gasteiger partial charge in [-0.2, -0.15) is 0 Å². The van der Waals surface area contributed by atoms with E-state index in [2.05, 4.69) is 5.32 Å². The molecule has 20 heavy (non-hydrogen) atoms. The van der Waals surface area contributed by atoms with Crippen LogP contribution in [0.5, 0.6) is 0 Å². The van der Waals surface area contributed by atoms with E-state index < -0.39 is 37.5 Å². The van der Waals surface area contributed by atoms with Crippen LogP contribution in [0.1, 0.15) is 19.3 Å². The highest BCUT2D eigenvalue weighted by atomic mass is 19.3. The second-order valence-corrected chi connectivity index (χ2v) is 4.88. The molecule has 1 aliphatic carbocycles. The van der Waals surface area contributed by atoms with Crippen LogP contribution in [-0.4, -0.2) is 59.8 Å². The number of rotatable bonds is 7. The van der Waals surface area contributed by atoms with Crippen molar-refractivity contribution in [2.45, 2.75) is 25.7 Å². The summed E-state index contributed by atoms with van der Waals surface area (Å²) in [5.74, 6) is -1.54. The van der Waals surface area contributed by atoms with Crippen molar-refractivity contribution in [2.24, 2.45) is 11.8 Å². The number of urea groups is 1. The molecule has 0 saturated heterocycles. The first-order chi connectivity index (χ1) is 9.45. The van der Waals surface area contributed by atoms with E-state index in [1.54, 1.807) is 0 Å². The average molecular weight is 294 g/mol. The van der Waals surface area contributed by atoms with Crippen molar-refractivity contribution in [1.29, 1.82) is 0 Å². The van der Waals surface area contributed by atoms with Crippen LogP contribution in [0.3, 0.4) is 0 Å². The number of carbonyl (C=O) groups is 2. The molecule has 3 N–H and O–H groups in total. The van der Waals surface area contributed by atoms with Crippen molar-refractivity contribution < 1.29 is 28.6 Å². The molecule has 0 heterocycles. The highest BCUT2D eigenvalue weighted by Gasteiger charge is 2.33. The number of nitrogens with one attached hydrogen (secondary N) is 1. The zero-order valence-corrected chi connectivity index (χ0v) is 11.1. The Kier molecular flexibility index (Phi) is 6.63. The van der Waals surface area contributed by atoms with E-state index in [1.165, 1.54) is 0 Å². The summed E-state index contributed by atoms with van der Waals surface area (Å²) in [6.07, 6.45) is -0.612. The summed E-state index contributed by atoms with van der Waals surface area (Å²) in [6.45, 7) is -1.18. The maximum atomic E-state index is 12.3. The molecular formula is C12H20F2N2O4. The number of aliphatic hydroxyl groups excluding tert-OH is 1. The second kappa shape index (κ2) is 7.98. The lowest BCUT2D eigenvalue weighted by molar-refractivity contribution is -0.142. The smallest absolute Gasteiger partial charge is 0.317 e. The van der Waals surface area contributed by atoms with E-state index in [9.17, 15) is 18.4 Å². The minimum absolute atomic E-state index is 0.154. The van der Waals surface area contributed by atoms with Gasteiger partial charge in [0.15, 0.2) is 0 Å². The molecule has 2 unspecified atom stereocenters. The summed E-state index contributed by atoms with van der Waals surface area (Å²) >= 11 is 0. The third kappa shape index (κ3) is 4.92. The number of carboxylic acid groups (broad SMARTS) is 1. The molecule has 0 radical (unpaired) electrons. The molecular weight excluding hydrogens is 274 g/mol. The van der Waals surface area contributed by atoms with Gasteiger partial charge >= 0.3 is 12.0 Å². The van der Waals surface area contributed by atoms with E-state index in [-0.39, 0.29) is 19.0 Å². The Bertz CT molecular complexity index is 341. The Balaban J connectivity index is 2.45. The minimum Gasteiger partial charge on any atom is -0.481 e. The molecule has 6 nitrogen and oxygen atoms in total. The third-order valence-corrected chi connectivity index (χ3v) is 3.51. The topological polar surface area (TPSA) is 89.9 Å². The summed E-state index contributed by atoms with van der Waals surface area (Å²) in [5, 5.41) is 20.2. The Morgan fingerprint density at radius 2 is 2.05 bits per heavy atom. The monoisotopic (exact) mass is 294 g/mol. The summed E-state index contributed by atoms with van der Waals surface area (Å²) in [4.78, 5) is 23.5. The Labute approximate surface area is 115 Å². The maximum Gasteiger partial charge on any atom is 0.317 e. The van der Waals surface area contributed by atoms with Crippen molar-refractivity contribution in [3.05, 3.63) is 0 Å². The van der Waals surface area contributed by atoms with Gasteiger partial charge in [-0.1, -0.05) is 6.42 Å². The minimum atomic E-state index is -2.68. The number of hydrogen-bond acceptors (Lipinski definition) is 3. The number of nitrogens with zero attached hydrogens (tertiary/aromatic N) is 1. The van der Waals surface area contributed by atoms with Crippen LogP contribution in [0.2, 0.25) is 0 Å². The molecule has 0 aliphatic heterocycles. The van der Waals surface area contributed by atoms with E-state index in [4.69, 9.17) is 10.2 Å². The molecule has 0 bridgehead atoms. The normalized spacial score (nSPS) is 22.0. The van der Waals surface area contributed by atoms with Gasteiger partial charge < -0.3 is 20.4 Å². The van der Waals surface area contributed by atoms with Crippen molar-refractivity contribution >= 4 is 12.0 Å². The lowest BCUT2D eigenvalue weighted by Gasteiger charge is -2.23. The molecule has 1 fully saturated rings. The first-order valence-corrected chi connectivity index (χ1v) is 6.60. The SMILES string of the molecule is O=C(O)C1CCCC1CNC(=O)N(CCO)CC(F)F. The molecule has 1 rings (SSSR count). The number of aliphatic carboxylic acids is 1. The van der Waals surface area contributed by atoms with Gasteiger partial charge in [0.2, 0.25) is 0 Å². The molecule has 0 aromatic carbocycles. The van der Waals surface area contributed by atoms with E-state index in [0.717, 1.165) is 11.3 Å². The van der Waals surface area contributed by atoms with Crippen LogP contribution in [0.4, 0.5) is 13.6 Å².